The predicted molar refractivity (Wildman–Crippen MR) is 181 cm³/mol. The summed E-state index contributed by atoms with van der Waals surface area (Å²) in [6.07, 6.45) is 1.38. The van der Waals surface area contributed by atoms with E-state index in [4.69, 9.17) is 28.7 Å². The molecule has 0 saturated carbocycles. The van der Waals surface area contributed by atoms with Gasteiger partial charge in [-0.05, 0) is 78.9 Å². The van der Waals surface area contributed by atoms with E-state index in [-0.39, 0.29) is 43.1 Å². The van der Waals surface area contributed by atoms with Crippen LogP contribution in [0.5, 0.6) is 28.7 Å². The van der Waals surface area contributed by atoms with E-state index in [1.165, 1.54) is 17.0 Å². The summed E-state index contributed by atoms with van der Waals surface area (Å²) in [5.41, 5.74) is 3.34. The number of nitro benzene ring substituents is 1. The lowest BCUT2D eigenvalue weighted by Crippen LogP contribution is -2.21. The number of benzene rings is 4. The van der Waals surface area contributed by atoms with Crippen LogP contribution in [-0.2, 0) is 6.61 Å². The molecule has 0 aliphatic carbocycles. The first-order chi connectivity index (χ1) is 23.2. The molecule has 0 spiro atoms. The van der Waals surface area contributed by atoms with Crippen LogP contribution in [0.1, 0.15) is 48.9 Å². The maximum atomic E-state index is 13.9. The van der Waals surface area contributed by atoms with Crippen molar-refractivity contribution in [1.82, 2.24) is 9.66 Å². The van der Waals surface area contributed by atoms with Crippen molar-refractivity contribution in [2.75, 3.05) is 20.5 Å². The maximum Gasteiger partial charge on any atom is 0.315 e. The molecule has 0 fully saturated rings. The SMILES string of the molecule is CCOc1cc(C=Nn2c(-c3cc(C(C)C)c(OC)cc3C)nc3ccccc3c2=O)cc([N+](=O)[O-])c1OCc1ccc2c(c1)OCO2. The van der Waals surface area contributed by atoms with Gasteiger partial charge in [0.15, 0.2) is 23.1 Å². The van der Waals surface area contributed by atoms with Gasteiger partial charge in [-0.1, -0.05) is 32.0 Å². The minimum atomic E-state index is -0.543. The lowest BCUT2D eigenvalue weighted by atomic mass is 9.96. The van der Waals surface area contributed by atoms with Crippen LogP contribution in [0, 0.1) is 17.0 Å². The Labute approximate surface area is 276 Å². The monoisotopic (exact) mass is 650 g/mol. The molecule has 12 heteroatoms. The number of para-hydroxylation sites is 1. The Hall–Kier alpha value is -5.91. The number of nitro groups is 1. The zero-order valence-corrected chi connectivity index (χ0v) is 27.2. The van der Waals surface area contributed by atoms with Gasteiger partial charge in [0.05, 0.1) is 35.8 Å². The van der Waals surface area contributed by atoms with E-state index in [0.29, 0.717) is 39.4 Å². The number of methoxy groups -OCH3 is 1. The van der Waals surface area contributed by atoms with E-state index in [1.807, 2.05) is 25.1 Å². The average Bonchev–Trinajstić information content (AvgIpc) is 3.55. The van der Waals surface area contributed by atoms with E-state index in [9.17, 15) is 14.9 Å². The van der Waals surface area contributed by atoms with Crippen LogP contribution in [0.3, 0.4) is 0 Å². The molecule has 0 bridgehead atoms. The molecule has 1 aliphatic heterocycles. The van der Waals surface area contributed by atoms with Crippen molar-refractivity contribution in [2.45, 2.75) is 40.2 Å². The first-order valence-electron chi connectivity index (χ1n) is 15.4. The summed E-state index contributed by atoms with van der Waals surface area (Å²) >= 11 is 0. The number of aromatic nitrogens is 2. The van der Waals surface area contributed by atoms with Gasteiger partial charge in [0.2, 0.25) is 12.5 Å². The van der Waals surface area contributed by atoms with Gasteiger partial charge in [0.1, 0.15) is 12.4 Å². The van der Waals surface area contributed by atoms with Crippen molar-refractivity contribution in [3.05, 3.63) is 109 Å². The fraction of sp³-hybridized carbons (Fsp3) is 0.250. The maximum absolute atomic E-state index is 13.9. The average molecular weight is 651 g/mol. The minimum Gasteiger partial charge on any atom is -0.496 e. The molecule has 5 aromatic rings. The fourth-order valence-electron chi connectivity index (χ4n) is 5.51. The molecule has 0 unspecified atom stereocenters. The molecule has 0 N–H and O–H groups in total. The van der Waals surface area contributed by atoms with Crippen LogP contribution in [0.25, 0.3) is 22.3 Å². The predicted octanol–water partition coefficient (Wildman–Crippen LogP) is 7.00. The molecule has 48 heavy (non-hydrogen) atoms. The molecule has 0 radical (unpaired) electrons. The molecule has 0 atom stereocenters. The molecule has 6 rings (SSSR count). The molecule has 2 heterocycles. The molecule has 246 valence electrons. The number of ether oxygens (including phenoxy) is 5. The smallest absolute Gasteiger partial charge is 0.315 e. The van der Waals surface area contributed by atoms with Crippen molar-refractivity contribution in [3.63, 3.8) is 0 Å². The third-order valence-corrected chi connectivity index (χ3v) is 7.89. The summed E-state index contributed by atoms with van der Waals surface area (Å²) in [7, 11) is 1.62. The van der Waals surface area contributed by atoms with Crippen LogP contribution in [0.4, 0.5) is 5.69 Å². The van der Waals surface area contributed by atoms with Crippen LogP contribution in [-0.4, -0.2) is 41.3 Å². The molecule has 1 aliphatic rings. The van der Waals surface area contributed by atoms with Crippen molar-refractivity contribution in [1.29, 1.82) is 0 Å². The van der Waals surface area contributed by atoms with E-state index >= 15 is 0 Å². The van der Waals surface area contributed by atoms with Gasteiger partial charge in [0, 0.05) is 17.2 Å². The Morgan fingerprint density at radius 3 is 2.58 bits per heavy atom. The lowest BCUT2D eigenvalue weighted by molar-refractivity contribution is -0.386. The normalized spacial score (nSPS) is 12.2. The van der Waals surface area contributed by atoms with Crippen molar-refractivity contribution < 1.29 is 28.6 Å². The molecule has 4 aromatic carbocycles. The Morgan fingerprint density at radius 1 is 1.04 bits per heavy atom. The van der Waals surface area contributed by atoms with Gasteiger partial charge in [0.25, 0.3) is 5.56 Å². The van der Waals surface area contributed by atoms with E-state index in [1.54, 1.807) is 56.5 Å². The number of nitrogens with zero attached hydrogens (tertiary/aromatic N) is 4. The summed E-state index contributed by atoms with van der Waals surface area (Å²) in [5, 5.41) is 17.2. The van der Waals surface area contributed by atoms with Crippen LogP contribution in [0.15, 0.2) is 76.6 Å². The third kappa shape index (κ3) is 6.24. The molecule has 12 nitrogen and oxygen atoms in total. The highest BCUT2D eigenvalue weighted by Crippen LogP contribution is 2.40. The van der Waals surface area contributed by atoms with Crippen molar-refractivity contribution in [2.24, 2.45) is 5.10 Å². The summed E-state index contributed by atoms with van der Waals surface area (Å²) < 4.78 is 29.4. The number of aryl methyl sites for hydroxylation is 1. The molecular formula is C36H34N4O8. The van der Waals surface area contributed by atoms with Crippen LogP contribution < -0.4 is 29.2 Å². The highest BCUT2D eigenvalue weighted by molar-refractivity contribution is 5.84. The van der Waals surface area contributed by atoms with E-state index < -0.39 is 10.5 Å². The standard InChI is InChI=1S/C36H34N4O8/c1-6-45-33-16-24(14-29(40(42)43)34(33)46-19-23-11-12-30-32(15-23)48-20-47-30)18-37-39-35(38-28-10-8-7-9-25(28)36(39)41)27-17-26(21(2)3)31(44-5)13-22(27)4/h7-18,21H,6,19-20H2,1-5H3. The largest absolute Gasteiger partial charge is 0.496 e. The number of hydrogen-bond acceptors (Lipinski definition) is 10. The molecule has 1 aromatic heterocycles. The first kappa shape index (κ1) is 32.0. The Morgan fingerprint density at radius 2 is 1.83 bits per heavy atom. The lowest BCUT2D eigenvalue weighted by Gasteiger charge is -2.17. The van der Waals surface area contributed by atoms with Gasteiger partial charge in [-0.2, -0.15) is 9.78 Å². The summed E-state index contributed by atoms with van der Waals surface area (Å²) in [5.74, 6) is 2.51. The number of fused-ring (bicyclic) bond motifs is 2. The highest BCUT2D eigenvalue weighted by atomic mass is 16.7. The molecule has 0 amide bonds. The molecule has 0 saturated heterocycles. The second-order valence-electron chi connectivity index (χ2n) is 11.4. The van der Waals surface area contributed by atoms with Gasteiger partial charge in [-0.3, -0.25) is 14.9 Å². The Balaban J connectivity index is 1.44. The second kappa shape index (κ2) is 13.4. The van der Waals surface area contributed by atoms with Crippen molar-refractivity contribution in [3.8, 4) is 40.1 Å². The Kier molecular flexibility index (Phi) is 8.98. The van der Waals surface area contributed by atoms with Crippen LogP contribution in [0.2, 0.25) is 0 Å². The van der Waals surface area contributed by atoms with E-state index in [0.717, 1.165) is 22.4 Å². The summed E-state index contributed by atoms with van der Waals surface area (Å²) in [4.78, 5) is 30.5. The van der Waals surface area contributed by atoms with E-state index in [2.05, 4.69) is 18.9 Å². The summed E-state index contributed by atoms with van der Waals surface area (Å²) in [6.45, 7) is 8.17. The zero-order chi connectivity index (χ0) is 33.9. The number of rotatable bonds is 11. The van der Waals surface area contributed by atoms with Gasteiger partial charge in [-0.25, -0.2) is 4.98 Å². The van der Waals surface area contributed by atoms with Crippen LogP contribution >= 0.6 is 0 Å². The highest BCUT2D eigenvalue weighted by Gasteiger charge is 2.24. The first-order valence-corrected chi connectivity index (χ1v) is 15.4. The summed E-state index contributed by atoms with van der Waals surface area (Å²) in [6, 6.07) is 19.1. The third-order valence-electron chi connectivity index (χ3n) is 7.89. The minimum absolute atomic E-state index is 0.0199. The van der Waals surface area contributed by atoms with Gasteiger partial charge in [-0.15, -0.1) is 0 Å². The second-order valence-corrected chi connectivity index (χ2v) is 11.4. The topological polar surface area (TPSA) is 137 Å². The van der Waals surface area contributed by atoms with Gasteiger partial charge >= 0.3 is 5.69 Å². The quantitative estimate of drug-likeness (QED) is 0.0840. The van der Waals surface area contributed by atoms with Crippen molar-refractivity contribution >= 4 is 22.8 Å². The van der Waals surface area contributed by atoms with Gasteiger partial charge < -0.3 is 23.7 Å². The fourth-order valence-corrected chi connectivity index (χ4v) is 5.51. The Bertz CT molecular complexity index is 2120. The number of hydrogen-bond donors (Lipinski definition) is 0. The molecular weight excluding hydrogens is 616 g/mol. The zero-order valence-electron chi connectivity index (χ0n) is 27.2.